The van der Waals surface area contributed by atoms with Crippen molar-refractivity contribution in [2.75, 3.05) is 6.61 Å². The van der Waals surface area contributed by atoms with Gasteiger partial charge in [0.1, 0.15) is 9.21 Å². The largest absolute Gasteiger partial charge is 0.396 e. The summed E-state index contributed by atoms with van der Waals surface area (Å²) >= 11 is 9.97. The Morgan fingerprint density at radius 3 is 2.42 bits per heavy atom. The second-order valence-corrected chi connectivity index (χ2v) is 4.40. The van der Waals surface area contributed by atoms with E-state index in [0.29, 0.717) is 0 Å². The lowest BCUT2D eigenvalue weighted by molar-refractivity contribution is 0.279. The topological polar surface area (TPSA) is 38.0 Å². The molecule has 0 saturated heterocycles. The molecule has 3 nitrogen and oxygen atoms in total. The summed E-state index contributed by atoms with van der Waals surface area (Å²) in [5.74, 6) is 0. The standard InChI is InChI=1S/C6H7Br3N2O/c7-4-5(8)11(2-1-3-12)6(9)10-4/h12H,1-3H2. The number of halogens is 3. The van der Waals surface area contributed by atoms with Gasteiger partial charge in [-0.05, 0) is 54.2 Å². The molecule has 0 spiro atoms. The highest BCUT2D eigenvalue weighted by Crippen LogP contribution is 2.26. The minimum absolute atomic E-state index is 0.189. The molecule has 0 radical (unpaired) electrons. The van der Waals surface area contributed by atoms with Crippen LogP contribution in [0.1, 0.15) is 6.42 Å². The molecule has 0 saturated carbocycles. The number of nitrogens with zero attached hydrogens (tertiary/aromatic N) is 2. The van der Waals surface area contributed by atoms with Crippen LogP contribution in [-0.4, -0.2) is 21.3 Å². The number of hydrogen-bond acceptors (Lipinski definition) is 2. The van der Waals surface area contributed by atoms with Gasteiger partial charge in [0.15, 0.2) is 4.73 Å². The van der Waals surface area contributed by atoms with Crippen LogP contribution in [0.3, 0.4) is 0 Å². The first-order valence-corrected chi connectivity index (χ1v) is 5.72. The van der Waals surface area contributed by atoms with Crippen molar-refractivity contribution in [3.63, 3.8) is 0 Å². The molecule has 0 amide bonds. The molecular weight excluding hydrogens is 356 g/mol. The third-order valence-electron chi connectivity index (χ3n) is 1.36. The summed E-state index contributed by atoms with van der Waals surface area (Å²) in [6, 6.07) is 0. The van der Waals surface area contributed by atoms with Crippen LogP contribution in [0.2, 0.25) is 0 Å². The zero-order valence-electron chi connectivity index (χ0n) is 6.10. The van der Waals surface area contributed by atoms with Gasteiger partial charge < -0.3 is 9.67 Å². The Hall–Kier alpha value is 0.610. The van der Waals surface area contributed by atoms with Crippen molar-refractivity contribution in [3.8, 4) is 0 Å². The van der Waals surface area contributed by atoms with E-state index in [9.17, 15) is 0 Å². The molecule has 0 fully saturated rings. The van der Waals surface area contributed by atoms with Gasteiger partial charge >= 0.3 is 0 Å². The van der Waals surface area contributed by atoms with Crippen molar-refractivity contribution < 1.29 is 5.11 Å². The third-order valence-corrected chi connectivity index (χ3v) is 3.85. The average Bonchev–Trinajstić information content (AvgIpc) is 2.25. The molecule has 12 heavy (non-hydrogen) atoms. The zero-order valence-corrected chi connectivity index (χ0v) is 10.9. The van der Waals surface area contributed by atoms with E-state index < -0.39 is 0 Å². The highest BCUT2D eigenvalue weighted by atomic mass is 79.9. The lowest BCUT2D eigenvalue weighted by Gasteiger charge is -2.02. The monoisotopic (exact) mass is 360 g/mol. The molecular formula is C6H7Br3N2O. The molecule has 1 aromatic rings. The maximum atomic E-state index is 8.64. The van der Waals surface area contributed by atoms with Crippen LogP contribution >= 0.6 is 47.8 Å². The SMILES string of the molecule is OCCCn1c(Br)nc(Br)c1Br. The molecule has 0 aliphatic rings. The van der Waals surface area contributed by atoms with Crippen LogP contribution in [0.25, 0.3) is 0 Å². The number of aliphatic hydroxyl groups excluding tert-OH is 1. The summed E-state index contributed by atoms with van der Waals surface area (Å²) in [5, 5.41) is 8.64. The number of rotatable bonds is 3. The molecule has 1 heterocycles. The summed E-state index contributed by atoms with van der Waals surface area (Å²) in [4.78, 5) is 4.13. The van der Waals surface area contributed by atoms with E-state index in [1.165, 1.54) is 0 Å². The molecule has 6 heteroatoms. The van der Waals surface area contributed by atoms with Crippen LogP contribution in [-0.2, 0) is 6.54 Å². The molecule has 0 unspecified atom stereocenters. The Balaban J connectivity index is 2.82. The molecule has 0 aliphatic heterocycles. The molecule has 1 rings (SSSR count). The Labute approximate surface area is 95.6 Å². The Kier molecular flexibility index (Phi) is 4.22. The van der Waals surface area contributed by atoms with Gasteiger partial charge in [0.05, 0.1) is 0 Å². The molecule has 0 aliphatic carbocycles. The Bertz CT molecular complexity index is 274. The van der Waals surface area contributed by atoms with Gasteiger partial charge in [-0.15, -0.1) is 0 Å². The van der Waals surface area contributed by atoms with Crippen molar-refractivity contribution >= 4 is 47.8 Å². The van der Waals surface area contributed by atoms with E-state index >= 15 is 0 Å². The van der Waals surface area contributed by atoms with Crippen LogP contribution in [0.5, 0.6) is 0 Å². The predicted octanol–water partition coefficient (Wildman–Crippen LogP) is 2.55. The predicted molar refractivity (Wildman–Crippen MR) is 57.0 cm³/mol. The minimum Gasteiger partial charge on any atom is -0.396 e. The first-order chi connectivity index (χ1) is 5.66. The molecule has 0 atom stereocenters. The van der Waals surface area contributed by atoms with E-state index in [1.54, 1.807) is 0 Å². The molecule has 1 aromatic heterocycles. The fourth-order valence-electron chi connectivity index (χ4n) is 0.799. The smallest absolute Gasteiger partial charge is 0.179 e. The lowest BCUT2D eigenvalue weighted by atomic mass is 10.4. The van der Waals surface area contributed by atoms with E-state index in [1.807, 2.05) is 4.57 Å². The highest BCUT2D eigenvalue weighted by Gasteiger charge is 2.09. The number of aliphatic hydroxyl groups is 1. The number of hydrogen-bond donors (Lipinski definition) is 1. The van der Waals surface area contributed by atoms with Crippen LogP contribution in [0.4, 0.5) is 0 Å². The normalized spacial score (nSPS) is 10.7. The summed E-state index contributed by atoms with van der Waals surface area (Å²) in [5.41, 5.74) is 0. The van der Waals surface area contributed by atoms with E-state index in [0.717, 1.165) is 26.9 Å². The van der Waals surface area contributed by atoms with Crippen molar-refractivity contribution in [2.45, 2.75) is 13.0 Å². The summed E-state index contributed by atoms with van der Waals surface area (Å²) in [6.07, 6.45) is 0.722. The summed E-state index contributed by atoms with van der Waals surface area (Å²) in [6.45, 7) is 0.935. The first-order valence-electron chi connectivity index (χ1n) is 3.34. The minimum atomic E-state index is 0.189. The number of imidazole rings is 1. The average molecular weight is 363 g/mol. The number of aromatic nitrogens is 2. The highest BCUT2D eigenvalue weighted by molar-refractivity contribution is 9.13. The summed E-state index contributed by atoms with van der Waals surface area (Å²) in [7, 11) is 0. The quantitative estimate of drug-likeness (QED) is 0.897. The fourth-order valence-corrected chi connectivity index (χ4v) is 2.62. The van der Waals surface area contributed by atoms with Gasteiger partial charge in [-0.2, -0.15) is 0 Å². The lowest BCUT2D eigenvalue weighted by Crippen LogP contribution is -2.00. The summed E-state index contributed by atoms with van der Waals surface area (Å²) < 4.78 is 4.35. The maximum Gasteiger partial charge on any atom is 0.179 e. The van der Waals surface area contributed by atoms with Crippen molar-refractivity contribution in [1.82, 2.24) is 9.55 Å². The Morgan fingerprint density at radius 2 is 2.00 bits per heavy atom. The van der Waals surface area contributed by atoms with E-state index in [-0.39, 0.29) is 6.61 Å². The molecule has 0 aromatic carbocycles. The van der Waals surface area contributed by atoms with Gasteiger partial charge in [-0.1, -0.05) is 0 Å². The van der Waals surface area contributed by atoms with Gasteiger partial charge in [-0.3, -0.25) is 0 Å². The fraction of sp³-hybridized carbons (Fsp3) is 0.500. The van der Waals surface area contributed by atoms with E-state index in [2.05, 4.69) is 52.8 Å². The van der Waals surface area contributed by atoms with E-state index in [4.69, 9.17) is 5.11 Å². The molecule has 0 bridgehead atoms. The van der Waals surface area contributed by atoms with Crippen LogP contribution < -0.4 is 0 Å². The zero-order chi connectivity index (χ0) is 9.14. The van der Waals surface area contributed by atoms with Gasteiger partial charge in [0.2, 0.25) is 0 Å². The molecule has 1 N–H and O–H groups in total. The second kappa shape index (κ2) is 4.74. The third kappa shape index (κ3) is 2.31. The molecule has 68 valence electrons. The van der Waals surface area contributed by atoms with Crippen LogP contribution in [0, 0.1) is 0 Å². The van der Waals surface area contributed by atoms with Crippen molar-refractivity contribution in [2.24, 2.45) is 0 Å². The van der Waals surface area contributed by atoms with Crippen molar-refractivity contribution in [1.29, 1.82) is 0 Å². The maximum absolute atomic E-state index is 8.64. The Morgan fingerprint density at radius 1 is 1.33 bits per heavy atom. The second-order valence-electron chi connectivity index (χ2n) is 2.19. The van der Waals surface area contributed by atoms with Gasteiger partial charge in [0, 0.05) is 13.2 Å². The van der Waals surface area contributed by atoms with Gasteiger partial charge in [-0.25, -0.2) is 4.98 Å². The first kappa shape index (κ1) is 10.7. The van der Waals surface area contributed by atoms with Crippen LogP contribution in [0.15, 0.2) is 13.9 Å². The van der Waals surface area contributed by atoms with Crippen molar-refractivity contribution in [3.05, 3.63) is 13.9 Å². The van der Waals surface area contributed by atoms with Gasteiger partial charge in [0.25, 0.3) is 0 Å².